The fraction of sp³-hybridized carbons (Fsp3) is 0.320. The van der Waals surface area contributed by atoms with Crippen molar-refractivity contribution in [1.82, 2.24) is 14.7 Å². The third kappa shape index (κ3) is 7.42. The molecule has 0 bridgehead atoms. The Morgan fingerprint density at radius 3 is 2.49 bits per heavy atom. The third-order valence-electron chi connectivity index (χ3n) is 5.01. The lowest BCUT2D eigenvalue weighted by molar-refractivity contribution is 0.0980. The zero-order chi connectivity index (χ0) is 27.3. The second-order valence-corrected chi connectivity index (χ2v) is 10.4. The number of aryl methyl sites for hydroxylation is 1. The highest BCUT2D eigenvalue weighted by molar-refractivity contribution is 7.90. The molecule has 0 saturated carbocycles. The summed E-state index contributed by atoms with van der Waals surface area (Å²) in [7, 11) is -3.07. The monoisotopic (exact) mass is 536 g/mol. The summed E-state index contributed by atoms with van der Waals surface area (Å²) in [5.74, 6) is -1.44. The van der Waals surface area contributed by atoms with Crippen LogP contribution < -0.4 is 14.4 Å². The number of halogens is 3. The van der Waals surface area contributed by atoms with Gasteiger partial charge in [-0.05, 0) is 49.2 Å². The van der Waals surface area contributed by atoms with Crippen LogP contribution in [0.2, 0.25) is 0 Å². The van der Waals surface area contributed by atoms with Crippen LogP contribution in [0.4, 0.5) is 19.0 Å². The van der Waals surface area contributed by atoms with Crippen LogP contribution in [0.15, 0.2) is 53.6 Å². The number of nitrogens with zero attached hydrogens (tertiary/aromatic N) is 3. The van der Waals surface area contributed by atoms with Crippen molar-refractivity contribution in [3.63, 3.8) is 0 Å². The Morgan fingerprint density at radius 1 is 1.11 bits per heavy atom. The Morgan fingerprint density at radius 2 is 1.84 bits per heavy atom. The van der Waals surface area contributed by atoms with Gasteiger partial charge in [-0.15, -0.1) is 0 Å². The van der Waals surface area contributed by atoms with Crippen LogP contribution in [0.25, 0.3) is 11.3 Å². The largest absolute Gasteiger partial charge is 0.493 e. The van der Waals surface area contributed by atoms with Crippen molar-refractivity contribution >= 4 is 21.7 Å². The van der Waals surface area contributed by atoms with Crippen LogP contribution in [-0.4, -0.2) is 50.9 Å². The maximum Gasteiger partial charge on any atom is 0.281 e. The lowest BCUT2D eigenvalue weighted by Crippen LogP contribution is -2.34. The van der Waals surface area contributed by atoms with Crippen molar-refractivity contribution in [2.45, 2.75) is 32.2 Å². The first-order valence-electron chi connectivity index (χ1n) is 11.3. The molecule has 198 valence electrons. The first-order valence-corrected chi connectivity index (χ1v) is 12.8. The van der Waals surface area contributed by atoms with Gasteiger partial charge in [-0.2, -0.15) is 8.42 Å². The minimum Gasteiger partial charge on any atom is -0.493 e. The Hall–Kier alpha value is -3.67. The highest BCUT2D eigenvalue weighted by Crippen LogP contribution is 2.28. The fourth-order valence-electron chi connectivity index (χ4n) is 3.32. The summed E-state index contributed by atoms with van der Waals surface area (Å²) in [4.78, 5) is 22.2. The van der Waals surface area contributed by atoms with E-state index in [0.717, 1.165) is 4.90 Å². The van der Waals surface area contributed by atoms with Crippen molar-refractivity contribution in [1.29, 1.82) is 0 Å². The molecule has 1 amide bonds. The summed E-state index contributed by atoms with van der Waals surface area (Å²) in [5.41, 5.74) is 0.611. The number of carbonyl (C=O) groups is 1. The van der Waals surface area contributed by atoms with Gasteiger partial charge in [0.1, 0.15) is 17.4 Å². The van der Waals surface area contributed by atoms with Crippen LogP contribution in [0.1, 0.15) is 29.9 Å². The molecule has 37 heavy (non-hydrogen) atoms. The maximum absolute atomic E-state index is 14.3. The summed E-state index contributed by atoms with van der Waals surface area (Å²) < 4.78 is 73.5. The number of nitrogens with one attached hydrogen (secondary N) is 1. The summed E-state index contributed by atoms with van der Waals surface area (Å²) in [6.45, 7) is 5.03. The molecule has 0 unspecified atom stereocenters. The average molecular weight is 537 g/mol. The number of ether oxygens (including phenoxy) is 1. The smallest absolute Gasteiger partial charge is 0.281 e. The summed E-state index contributed by atoms with van der Waals surface area (Å²) >= 11 is 0. The number of carbonyl (C=O) groups excluding carboxylic acids is 1. The van der Waals surface area contributed by atoms with Crippen LogP contribution >= 0.6 is 0 Å². The topological polar surface area (TPSA) is 101 Å². The number of anilines is 1. The zero-order valence-corrected chi connectivity index (χ0v) is 21.5. The van der Waals surface area contributed by atoms with Gasteiger partial charge in [0.25, 0.3) is 22.4 Å². The number of aromatic nitrogens is 2. The van der Waals surface area contributed by atoms with E-state index in [1.807, 2.05) is 18.6 Å². The highest BCUT2D eigenvalue weighted by atomic mass is 32.2. The van der Waals surface area contributed by atoms with E-state index in [9.17, 15) is 26.4 Å². The van der Waals surface area contributed by atoms with E-state index < -0.39 is 34.7 Å². The van der Waals surface area contributed by atoms with Gasteiger partial charge in [0.15, 0.2) is 5.03 Å². The van der Waals surface area contributed by atoms with E-state index in [1.165, 1.54) is 49.5 Å². The second-order valence-electron chi connectivity index (χ2n) is 8.77. The molecule has 0 fully saturated rings. The Bertz CT molecular complexity index is 1380. The molecule has 0 spiro atoms. The predicted octanol–water partition coefficient (Wildman–Crippen LogP) is 4.45. The Labute approximate surface area is 213 Å². The molecule has 0 aliphatic carbocycles. The van der Waals surface area contributed by atoms with E-state index >= 15 is 0 Å². The molecule has 0 aliphatic heterocycles. The molecule has 12 heteroatoms. The predicted molar refractivity (Wildman–Crippen MR) is 133 cm³/mol. The summed E-state index contributed by atoms with van der Waals surface area (Å²) in [6, 6.07) is 10.8. The number of alkyl halides is 2. The molecule has 8 nitrogen and oxygen atoms in total. The molecule has 3 aromatic rings. The minimum absolute atomic E-state index is 0.171. The van der Waals surface area contributed by atoms with Gasteiger partial charge in [-0.1, -0.05) is 19.9 Å². The SMILES string of the molecule is Cc1cccc(S(=O)(=O)NC(=O)c2ccc(-c3cc(F)cc(OCC(C)C)c3)nc2N(C)CC(F)F)n1. The van der Waals surface area contributed by atoms with E-state index in [1.54, 1.807) is 13.0 Å². The Kier molecular flexibility index (Phi) is 8.74. The second kappa shape index (κ2) is 11.6. The number of benzene rings is 1. The number of hydrogen-bond acceptors (Lipinski definition) is 7. The van der Waals surface area contributed by atoms with Crippen molar-refractivity contribution in [2.24, 2.45) is 5.92 Å². The molecular formula is C25H27F3N4O4S. The zero-order valence-electron chi connectivity index (χ0n) is 20.7. The number of amides is 1. The molecule has 0 aliphatic rings. The van der Waals surface area contributed by atoms with Gasteiger partial charge in [-0.3, -0.25) is 4.79 Å². The van der Waals surface area contributed by atoms with Crippen LogP contribution in [-0.2, 0) is 10.0 Å². The molecular weight excluding hydrogens is 509 g/mol. The van der Waals surface area contributed by atoms with Crippen molar-refractivity contribution in [3.05, 3.63) is 65.6 Å². The van der Waals surface area contributed by atoms with Gasteiger partial charge >= 0.3 is 0 Å². The minimum atomic E-state index is -4.35. The quantitative estimate of drug-likeness (QED) is 0.409. The van der Waals surface area contributed by atoms with Crippen LogP contribution in [0.3, 0.4) is 0 Å². The van der Waals surface area contributed by atoms with E-state index in [-0.39, 0.29) is 39.3 Å². The van der Waals surface area contributed by atoms with Gasteiger partial charge in [0.05, 0.1) is 24.4 Å². The fourth-order valence-corrected chi connectivity index (χ4v) is 4.31. The lowest BCUT2D eigenvalue weighted by Gasteiger charge is -2.21. The van der Waals surface area contributed by atoms with E-state index in [2.05, 4.69) is 9.97 Å². The molecule has 3 rings (SSSR count). The third-order valence-corrected chi connectivity index (χ3v) is 6.24. The van der Waals surface area contributed by atoms with Crippen molar-refractivity contribution < 1.29 is 31.1 Å². The molecule has 1 N–H and O–H groups in total. The lowest BCUT2D eigenvalue weighted by atomic mass is 10.1. The van der Waals surface area contributed by atoms with Gasteiger partial charge < -0.3 is 9.64 Å². The van der Waals surface area contributed by atoms with Gasteiger partial charge in [-0.25, -0.2) is 27.9 Å². The molecule has 2 aromatic heterocycles. The van der Waals surface area contributed by atoms with Crippen LogP contribution in [0.5, 0.6) is 5.75 Å². The molecule has 0 radical (unpaired) electrons. The van der Waals surface area contributed by atoms with Crippen LogP contribution in [0, 0.1) is 18.7 Å². The number of hydrogen-bond donors (Lipinski definition) is 1. The first-order chi connectivity index (χ1) is 17.4. The molecule has 2 heterocycles. The number of rotatable bonds is 10. The summed E-state index contributed by atoms with van der Waals surface area (Å²) in [5, 5.41) is -0.374. The van der Waals surface area contributed by atoms with Crippen molar-refractivity contribution in [2.75, 3.05) is 25.1 Å². The molecule has 1 aromatic carbocycles. The number of sulfonamides is 1. The number of pyridine rings is 2. The van der Waals surface area contributed by atoms with Gasteiger partial charge in [0.2, 0.25) is 0 Å². The molecule has 0 saturated heterocycles. The first kappa shape index (κ1) is 27.9. The van der Waals surface area contributed by atoms with E-state index in [0.29, 0.717) is 12.3 Å². The average Bonchev–Trinajstić information content (AvgIpc) is 2.81. The highest BCUT2D eigenvalue weighted by Gasteiger charge is 2.25. The summed E-state index contributed by atoms with van der Waals surface area (Å²) in [6.07, 6.45) is -2.77. The maximum atomic E-state index is 14.3. The van der Waals surface area contributed by atoms with Gasteiger partial charge in [0, 0.05) is 24.4 Å². The Balaban J connectivity index is 2.01. The van der Waals surface area contributed by atoms with Crippen molar-refractivity contribution in [3.8, 4) is 17.0 Å². The molecule has 0 atom stereocenters. The van der Waals surface area contributed by atoms with E-state index in [4.69, 9.17) is 4.74 Å². The standard InChI is InChI=1S/C25H27F3N4O4S/c1-15(2)14-36-19-11-17(10-18(26)12-19)21-9-8-20(24(30-21)32(4)13-22(27)28)25(33)31-37(34,35)23-7-5-6-16(3)29-23/h5-12,15,22H,13-14H2,1-4H3,(H,31,33). The normalized spacial score (nSPS) is 11.6.